The fourth-order valence-corrected chi connectivity index (χ4v) is 1.57. The zero-order valence-electron chi connectivity index (χ0n) is 8.19. The van der Waals surface area contributed by atoms with Crippen LogP contribution in [0.5, 0.6) is 0 Å². The highest BCUT2D eigenvalue weighted by Crippen LogP contribution is 2.38. The summed E-state index contributed by atoms with van der Waals surface area (Å²) in [6.45, 7) is 3.71. The molecule has 0 amide bonds. The monoisotopic (exact) mass is 202 g/mol. The normalized spacial score (nSPS) is 41.4. The molecule has 1 saturated heterocycles. The molecule has 80 valence electrons. The summed E-state index contributed by atoms with van der Waals surface area (Å²) >= 11 is 0. The van der Waals surface area contributed by atoms with Crippen LogP contribution in [0.15, 0.2) is 11.8 Å². The van der Waals surface area contributed by atoms with E-state index in [4.69, 9.17) is 14.2 Å². The van der Waals surface area contributed by atoms with Crippen LogP contribution in [0.4, 0.5) is 0 Å². The number of aliphatic hydroxyl groups is 2. The standard InChI is InChI=1S/C9H14O5/c1-8(2)13-5-9(14-8)7(11)3-6(10)4-12-9/h3,6,10-11H,4-5H2,1-2H3. The number of hydrogen-bond donors (Lipinski definition) is 2. The van der Waals surface area contributed by atoms with Gasteiger partial charge in [0, 0.05) is 0 Å². The summed E-state index contributed by atoms with van der Waals surface area (Å²) in [4.78, 5) is 0. The minimum Gasteiger partial charge on any atom is -0.507 e. The Hall–Kier alpha value is -0.620. The zero-order chi connectivity index (χ0) is 10.4. The van der Waals surface area contributed by atoms with Crippen LogP contribution in [0.25, 0.3) is 0 Å². The lowest BCUT2D eigenvalue weighted by molar-refractivity contribution is -0.256. The SMILES string of the molecule is CC1(C)OCC2(OCC(O)C=C2O)O1. The molecule has 2 aliphatic rings. The van der Waals surface area contributed by atoms with Gasteiger partial charge in [0.05, 0.1) is 12.7 Å². The van der Waals surface area contributed by atoms with Gasteiger partial charge in [-0.25, -0.2) is 0 Å². The van der Waals surface area contributed by atoms with E-state index in [-0.39, 0.29) is 19.0 Å². The van der Waals surface area contributed by atoms with Crippen LogP contribution in [0.1, 0.15) is 13.8 Å². The molecule has 2 heterocycles. The molecule has 2 rings (SSSR count). The molecular weight excluding hydrogens is 188 g/mol. The lowest BCUT2D eigenvalue weighted by atomic mass is 10.1. The highest BCUT2D eigenvalue weighted by atomic mass is 16.8. The van der Waals surface area contributed by atoms with Crippen molar-refractivity contribution < 1.29 is 24.4 Å². The predicted molar refractivity (Wildman–Crippen MR) is 46.5 cm³/mol. The summed E-state index contributed by atoms with van der Waals surface area (Å²) in [6.07, 6.45) is 0.529. The first-order valence-corrected chi connectivity index (χ1v) is 4.51. The second-order valence-corrected chi connectivity index (χ2v) is 3.97. The van der Waals surface area contributed by atoms with Gasteiger partial charge in [-0.3, -0.25) is 0 Å². The largest absolute Gasteiger partial charge is 0.507 e. The summed E-state index contributed by atoms with van der Waals surface area (Å²) in [5.41, 5.74) is 0. The Morgan fingerprint density at radius 1 is 1.43 bits per heavy atom. The Kier molecular flexibility index (Phi) is 2.08. The number of ether oxygens (including phenoxy) is 3. The van der Waals surface area contributed by atoms with Gasteiger partial charge in [-0.05, 0) is 19.9 Å². The molecule has 0 bridgehead atoms. The molecule has 2 aliphatic heterocycles. The summed E-state index contributed by atoms with van der Waals surface area (Å²) < 4.78 is 16.0. The summed E-state index contributed by atoms with van der Waals surface area (Å²) in [6, 6.07) is 0. The first kappa shape index (κ1) is 9.92. The Morgan fingerprint density at radius 2 is 2.14 bits per heavy atom. The van der Waals surface area contributed by atoms with Gasteiger partial charge in [0.1, 0.15) is 6.61 Å². The first-order valence-electron chi connectivity index (χ1n) is 4.51. The van der Waals surface area contributed by atoms with Crippen molar-refractivity contribution in [1.29, 1.82) is 0 Å². The van der Waals surface area contributed by atoms with E-state index in [9.17, 15) is 10.2 Å². The van der Waals surface area contributed by atoms with Crippen molar-refractivity contribution in [2.45, 2.75) is 31.5 Å². The van der Waals surface area contributed by atoms with E-state index >= 15 is 0 Å². The quantitative estimate of drug-likeness (QED) is 0.591. The van der Waals surface area contributed by atoms with E-state index in [0.29, 0.717) is 0 Å². The molecular formula is C9H14O5. The Labute approximate surface area is 81.9 Å². The van der Waals surface area contributed by atoms with E-state index in [1.54, 1.807) is 13.8 Å². The Balaban J connectivity index is 2.22. The third-order valence-corrected chi connectivity index (χ3v) is 2.25. The Bertz CT molecular complexity index is 272. The molecule has 1 spiro atoms. The van der Waals surface area contributed by atoms with Crippen molar-refractivity contribution in [3.8, 4) is 0 Å². The van der Waals surface area contributed by atoms with Crippen LogP contribution in [0, 0.1) is 0 Å². The summed E-state index contributed by atoms with van der Waals surface area (Å²) in [5, 5.41) is 18.8. The fraction of sp³-hybridized carbons (Fsp3) is 0.778. The van der Waals surface area contributed by atoms with Crippen molar-refractivity contribution in [2.75, 3.05) is 13.2 Å². The summed E-state index contributed by atoms with van der Waals surface area (Å²) in [7, 11) is 0. The van der Waals surface area contributed by atoms with E-state index in [1.165, 1.54) is 6.08 Å². The van der Waals surface area contributed by atoms with Gasteiger partial charge in [0.2, 0.25) is 0 Å². The maximum atomic E-state index is 9.63. The van der Waals surface area contributed by atoms with Crippen LogP contribution < -0.4 is 0 Å². The molecule has 0 aromatic rings. The topological polar surface area (TPSA) is 68.2 Å². The van der Waals surface area contributed by atoms with Crippen LogP contribution >= 0.6 is 0 Å². The number of aliphatic hydroxyl groups excluding tert-OH is 2. The molecule has 14 heavy (non-hydrogen) atoms. The average Bonchev–Trinajstić information content (AvgIpc) is 2.38. The van der Waals surface area contributed by atoms with Crippen LogP contribution in [-0.4, -0.2) is 41.1 Å². The average molecular weight is 202 g/mol. The number of rotatable bonds is 0. The fourth-order valence-electron chi connectivity index (χ4n) is 1.57. The third-order valence-electron chi connectivity index (χ3n) is 2.25. The van der Waals surface area contributed by atoms with Gasteiger partial charge in [-0.1, -0.05) is 0 Å². The zero-order valence-corrected chi connectivity index (χ0v) is 8.19. The molecule has 0 radical (unpaired) electrons. The molecule has 0 saturated carbocycles. The minimum absolute atomic E-state index is 0.101. The molecule has 5 nitrogen and oxygen atoms in total. The third kappa shape index (κ3) is 1.52. The Morgan fingerprint density at radius 3 is 2.64 bits per heavy atom. The van der Waals surface area contributed by atoms with Crippen molar-refractivity contribution in [3.05, 3.63) is 11.8 Å². The smallest absolute Gasteiger partial charge is 0.254 e. The van der Waals surface area contributed by atoms with E-state index in [2.05, 4.69) is 0 Å². The molecule has 2 N–H and O–H groups in total. The predicted octanol–water partition coefficient (Wildman–Crippen LogP) is 0.299. The molecule has 1 fully saturated rings. The van der Waals surface area contributed by atoms with Gasteiger partial charge in [-0.15, -0.1) is 0 Å². The molecule has 0 aromatic heterocycles. The first-order chi connectivity index (χ1) is 6.44. The maximum Gasteiger partial charge on any atom is 0.254 e. The molecule has 0 aromatic carbocycles. The van der Waals surface area contributed by atoms with Crippen molar-refractivity contribution in [1.82, 2.24) is 0 Å². The van der Waals surface area contributed by atoms with E-state index in [1.807, 2.05) is 0 Å². The summed E-state index contributed by atoms with van der Waals surface area (Å²) in [5.74, 6) is -2.12. The second-order valence-electron chi connectivity index (χ2n) is 3.97. The van der Waals surface area contributed by atoms with Crippen molar-refractivity contribution in [2.24, 2.45) is 0 Å². The van der Waals surface area contributed by atoms with Crippen LogP contribution in [0.3, 0.4) is 0 Å². The molecule has 5 heteroatoms. The van der Waals surface area contributed by atoms with Crippen molar-refractivity contribution in [3.63, 3.8) is 0 Å². The molecule has 2 unspecified atom stereocenters. The van der Waals surface area contributed by atoms with E-state index in [0.717, 1.165) is 0 Å². The molecule has 2 atom stereocenters. The van der Waals surface area contributed by atoms with Gasteiger partial charge in [-0.2, -0.15) is 0 Å². The van der Waals surface area contributed by atoms with Crippen molar-refractivity contribution >= 4 is 0 Å². The second kappa shape index (κ2) is 2.93. The van der Waals surface area contributed by atoms with Gasteiger partial charge in [0.25, 0.3) is 5.79 Å². The lowest BCUT2D eigenvalue weighted by Gasteiger charge is -2.32. The van der Waals surface area contributed by atoms with Gasteiger partial charge in [0.15, 0.2) is 11.5 Å². The number of hydrogen-bond acceptors (Lipinski definition) is 5. The lowest BCUT2D eigenvalue weighted by Crippen LogP contribution is -2.44. The van der Waals surface area contributed by atoms with E-state index < -0.39 is 17.7 Å². The highest BCUT2D eigenvalue weighted by Gasteiger charge is 2.51. The van der Waals surface area contributed by atoms with Gasteiger partial charge < -0.3 is 24.4 Å². The highest BCUT2D eigenvalue weighted by molar-refractivity contribution is 5.12. The van der Waals surface area contributed by atoms with Gasteiger partial charge >= 0.3 is 0 Å². The maximum absolute atomic E-state index is 9.63. The van der Waals surface area contributed by atoms with Crippen LogP contribution in [0.2, 0.25) is 0 Å². The molecule has 0 aliphatic carbocycles. The van der Waals surface area contributed by atoms with Crippen LogP contribution in [-0.2, 0) is 14.2 Å². The minimum atomic E-state index is -1.22.